The number of benzene rings is 2. The highest BCUT2D eigenvalue weighted by molar-refractivity contribution is 5.91. The van der Waals surface area contributed by atoms with Crippen LogP contribution in [-0.2, 0) is 0 Å². The van der Waals surface area contributed by atoms with Crippen molar-refractivity contribution in [1.29, 1.82) is 0 Å². The maximum atomic E-state index is 14.1. The van der Waals surface area contributed by atoms with E-state index >= 15 is 0 Å². The Hall–Kier alpha value is -3.15. The molecule has 2 aromatic carbocycles. The third-order valence-corrected chi connectivity index (χ3v) is 3.61. The number of H-pyrrole nitrogens is 1. The largest absolute Gasteiger partial charge is 0.398 e. The fourth-order valence-electron chi connectivity index (χ4n) is 2.64. The molecule has 4 aromatic rings. The molecule has 0 aliphatic heterocycles. The van der Waals surface area contributed by atoms with Gasteiger partial charge in [0.15, 0.2) is 0 Å². The van der Waals surface area contributed by atoms with Gasteiger partial charge in [-0.1, -0.05) is 18.2 Å². The third-order valence-electron chi connectivity index (χ3n) is 3.61. The van der Waals surface area contributed by atoms with E-state index in [0.29, 0.717) is 11.5 Å². The van der Waals surface area contributed by atoms with Gasteiger partial charge in [0, 0.05) is 11.8 Å². The zero-order valence-electron chi connectivity index (χ0n) is 11.4. The standard InChI is InChI=1S/C16H11FN4O/c17-9-4-3-7-13-15(9)10(18)8-14(22)21(13)16-19-11-5-1-2-6-12(11)20-16/h1-8H,18H2,(H,19,20). The second-order valence-electron chi connectivity index (χ2n) is 4.98. The van der Waals surface area contributed by atoms with Gasteiger partial charge in [-0.15, -0.1) is 0 Å². The van der Waals surface area contributed by atoms with E-state index in [1.54, 1.807) is 6.07 Å². The monoisotopic (exact) mass is 294 g/mol. The van der Waals surface area contributed by atoms with Crippen LogP contribution in [0.1, 0.15) is 0 Å². The zero-order valence-corrected chi connectivity index (χ0v) is 11.4. The summed E-state index contributed by atoms with van der Waals surface area (Å²) >= 11 is 0. The predicted octanol–water partition coefficient (Wildman–Crippen LogP) is 2.59. The average molecular weight is 294 g/mol. The Bertz CT molecular complexity index is 1050. The molecular formula is C16H11FN4O. The molecule has 108 valence electrons. The molecule has 2 aromatic heterocycles. The number of nitrogen functional groups attached to an aromatic ring is 1. The molecule has 0 radical (unpaired) electrons. The minimum Gasteiger partial charge on any atom is -0.398 e. The van der Waals surface area contributed by atoms with Crippen molar-refractivity contribution >= 4 is 27.6 Å². The van der Waals surface area contributed by atoms with Gasteiger partial charge in [-0.25, -0.2) is 13.9 Å². The molecule has 0 atom stereocenters. The number of rotatable bonds is 1. The van der Waals surface area contributed by atoms with Gasteiger partial charge in [0.05, 0.1) is 21.9 Å². The summed E-state index contributed by atoms with van der Waals surface area (Å²) in [6.07, 6.45) is 0. The Morgan fingerprint density at radius 1 is 1.14 bits per heavy atom. The first kappa shape index (κ1) is 12.6. The average Bonchev–Trinajstić information content (AvgIpc) is 2.90. The Balaban J connectivity index is 2.14. The van der Waals surface area contributed by atoms with Crippen LogP contribution in [0.4, 0.5) is 10.1 Å². The number of para-hydroxylation sites is 2. The molecule has 0 fully saturated rings. The number of pyridine rings is 1. The van der Waals surface area contributed by atoms with Crippen LogP contribution in [0.3, 0.4) is 0 Å². The second-order valence-corrected chi connectivity index (χ2v) is 4.98. The van der Waals surface area contributed by atoms with E-state index in [-0.39, 0.29) is 16.6 Å². The number of imidazole rings is 1. The number of nitrogens with zero attached hydrogens (tertiary/aromatic N) is 2. The van der Waals surface area contributed by atoms with Crippen molar-refractivity contribution in [2.45, 2.75) is 0 Å². The number of nitrogens with one attached hydrogen (secondary N) is 1. The highest BCUT2D eigenvalue weighted by atomic mass is 19.1. The lowest BCUT2D eigenvalue weighted by atomic mass is 10.1. The fourth-order valence-corrected chi connectivity index (χ4v) is 2.64. The number of anilines is 1. The minimum atomic E-state index is -0.472. The Morgan fingerprint density at radius 2 is 1.95 bits per heavy atom. The van der Waals surface area contributed by atoms with Gasteiger partial charge in [-0.2, -0.15) is 0 Å². The molecule has 2 heterocycles. The molecule has 0 amide bonds. The summed E-state index contributed by atoms with van der Waals surface area (Å²) in [6.45, 7) is 0. The number of aromatic nitrogens is 3. The van der Waals surface area contributed by atoms with Gasteiger partial charge in [0.2, 0.25) is 5.95 Å². The zero-order chi connectivity index (χ0) is 15.3. The molecule has 4 rings (SSSR count). The number of halogens is 1. The lowest BCUT2D eigenvalue weighted by Gasteiger charge is -2.09. The van der Waals surface area contributed by atoms with Gasteiger partial charge in [0.25, 0.3) is 5.56 Å². The lowest BCUT2D eigenvalue weighted by molar-refractivity contribution is 0.639. The Labute approximate surface area is 123 Å². The molecule has 0 aliphatic rings. The summed E-state index contributed by atoms with van der Waals surface area (Å²) in [4.78, 5) is 19.8. The molecular weight excluding hydrogens is 283 g/mol. The number of nitrogens with two attached hydrogens (primary N) is 1. The molecule has 0 aliphatic carbocycles. The molecule has 0 unspecified atom stereocenters. The van der Waals surface area contributed by atoms with Crippen molar-refractivity contribution in [3.63, 3.8) is 0 Å². The molecule has 22 heavy (non-hydrogen) atoms. The van der Waals surface area contributed by atoms with Gasteiger partial charge < -0.3 is 10.7 Å². The lowest BCUT2D eigenvalue weighted by Crippen LogP contribution is -2.20. The van der Waals surface area contributed by atoms with Crippen molar-refractivity contribution in [1.82, 2.24) is 14.5 Å². The van der Waals surface area contributed by atoms with E-state index in [9.17, 15) is 9.18 Å². The summed E-state index contributed by atoms with van der Waals surface area (Å²) in [5.41, 5.74) is 7.45. The maximum absolute atomic E-state index is 14.1. The first-order valence-corrected chi connectivity index (χ1v) is 6.70. The first-order chi connectivity index (χ1) is 10.6. The van der Waals surface area contributed by atoms with Crippen molar-refractivity contribution in [2.75, 3.05) is 5.73 Å². The number of fused-ring (bicyclic) bond motifs is 2. The van der Waals surface area contributed by atoms with Crippen LogP contribution in [-0.4, -0.2) is 14.5 Å². The Morgan fingerprint density at radius 3 is 2.77 bits per heavy atom. The molecule has 0 saturated heterocycles. The van der Waals surface area contributed by atoms with E-state index in [1.165, 1.54) is 22.8 Å². The molecule has 6 heteroatoms. The van der Waals surface area contributed by atoms with Gasteiger partial charge in [-0.05, 0) is 24.3 Å². The van der Waals surface area contributed by atoms with Crippen LogP contribution in [0.25, 0.3) is 27.9 Å². The third kappa shape index (κ3) is 1.70. The number of aromatic amines is 1. The van der Waals surface area contributed by atoms with E-state index < -0.39 is 5.82 Å². The smallest absolute Gasteiger partial charge is 0.260 e. The van der Waals surface area contributed by atoms with Crippen LogP contribution in [0, 0.1) is 5.82 Å². The molecule has 0 saturated carbocycles. The van der Waals surface area contributed by atoms with Crippen LogP contribution < -0.4 is 11.3 Å². The normalized spacial score (nSPS) is 11.3. The topological polar surface area (TPSA) is 76.7 Å². The van der Waals surface area contributed by atoms with Crippen molar-refractivity contribution in [3.8, 4) is 5.95 Å². The second kappa shape index (κ2) is 4.42. The van der Waals surface area contributed by atoms with Gasteiger partial charge >= 0.3 is 0 Å². The maximum Gasteiger partial charge on any atom is 0.260 e. The van der Waals surface area contributed by atoms with Crippen LogP contribution in [0.2, 0.25) is 0 Å². The summed E-state index contributed by atoms with van der Waals surface area (Å²) in [6, 6.07) is 13.1. The Kier molecular flexibility index (Phi) is 2.53. The predicted molar refractivity (Wildman–Crippen MR) is 83.6 cm³/mol. The number of hydrogen-bond donors (Lipinski definition) is 2. The minimum absolute atomic E-state index is 0.116. The van der Waals surface area contributed by atoms with Gasteiger partial charge in [0.1, 0.15) is 5.82 Å². The summed E-state index contributed by atoms with van der Waals surface area (Å²) < 4.78 is 15.4. The van der Waals surface area contributed by atoms with E-state index in [0.717, 1.165) is 11.0 Å². The van der Waals surface area contributed by atoms with E-state index in [2.05, 4.69) is 9.97 Å². The molecule has 5 nitrogen and oxygen atoms in total. The van der Waals surface area contributed by atoms with E-state index in [4.69, 9.17) is 5.73 Å². The van der Waals surface area contributed by atoms with Crippen LogP contribution >= 0.6 is 0 Å². The number of hydrogen-bond acceptors (Lipinski definition) is 3. The SMILES string of the molecule is Nc1cc(=O)n(-c2nc3ccccc3[nH]2)c2cccc(F)c12. The highest BCUT2D eigenvalue weighted by Crippen LogP contribution is 2.24. The van der Waals surface area contributed by atoms with Crippen molar-refractivity contribution in [2.24, 2.45) is 0 Å². The fraction of sp³-hybridized carbons (Fsp3) is 0. The first-order valence-electron chi connectivity index (χ1n) is 6.70. The summed E-state index contributed by atoms with van der Waals surface area (Å²) in [5, 5.41) is 0.211. The molecule has 0 bridgehead atoms. The van der Waals surface area contributed by atoms with Crippen LogP contribution in [0.5, 0.6) is 0 Å². The molecule has 0 spiro atoms. The van der Waals surface area contributed by atoms with Crippen molar-refractivity contribution in [3.05, 3.63) is 64.7 Å². The summed E-state index contributed by atoms with van der Waals surface area (Å²) in [7, 11) is 0. The highest BCUT2D eigenvalue weighted by Gasteiger charge is 2.14. The molecule has 3 N–H and O–H groups in total. The van der Waals surface area contributed by atoms with Crippen molar-refractivity contribution < 1.29 is 4.39 Å². The van der Waals surface area contributed by atoms with E-state index in [1.807, 2.05) is 24.3 Å². The summed E-state index contributed by atoms with van der Waals surface area (Å²) in [5.74, 6) is -0.137. The quantitative estimate of drug-likeness (QED) is 0.566. The van der Waals surface area contributed by atoms with Gasteiger partial charge in [-0.3, -0.25) is 4.79 Å². The van der Waals surface area contributed by atoms with Crippen LogP contribution in [0.15, 0.2) is 53.3 Å².